The van der Waals surface area contributed by atoms with Gasteiger partial charge in [-0.05, 0) is 20.8 Å². The molecule has 0 rings (SSSR count). The van der Waals surface area contributed by atoms with Crippen molar-refractivity contribution in [2.24, 2.45) is 0 Å². The normalized spacial score (nSPS) is 12.4. The molecule has 0 fully saturated rings. The monoisotopic (exact) mass is 237 g/mol. The van der Waals surface area contributed by atoms with Crippen LogP contribution in [0.15, 0.2) is 0 Å². The minimum atomic E-state index is -2.95. The number of rotatable bonds is 9. The molecule has 5 nitrogen and oxygen atoms in total. The summed E-state index contributed by atoms with van der Waals surface area (Å²) in [7, 11) is -1.12. The molecule has 0 aliphatic heterocycles. The fraction of sp³-hybridized carbons (Fsp3) is 1.00. The van der Waals surface area contributed by atoms with Gasteiger partial charge in [0.2, 0.25) is 0 Å². The van der Waals surface area contributed by atoms with Crippen molar-refractivity contribution in [1.82, 2.24) is 5.06 Å². The molecule has 0 N–H and O–H groups in total. The first-order valence-electron chi connectivity index (χ1n) is 5.46. The molecular formula is C9H23NO4Si. The molecule has 92 valence electrons. The highest BCUT2D eigenvalue weighted by Gasteiger charge is 2.46. The Morgan fingerprint density at radius 1 is 0.867 bits per heavy atom. The van der Waals surface area contributed by atoms with Crippen LogP contribution in [0.5, 0.6) is 0 Å². The van der Waals surface area contributed by atoms with E-state index < -0.39 is 9.05 Å². The van der Waals surface area contributed by atoms with E-state index in [1.165, 1.54) is 0 Å². The molecule has 0 saturated heterocycles. The van der Waals surface area contributed by atoms with Crippen LogP contribution in [0.25, 0.3) is 0 Å². The average molecular weight is 237 g/mol. The molecule has 0 aliphatic carbocycles. The van der Waals surface area contributed by atoms with Gasteiger partial charge in [-0.3, -0.25) is 4.53 Å². The maximum atomic E-state index is 5.61. The van der Waals surface area contributed by atoms with E-state index in [0.717, 1.165) is 6.54 Å². The molecule has 0 aromatic rings. The van der Waals surface area contributed by atoms with Crippen molar-refractivity contribution in [2.75, 3.05) is 33.4 Å². The summed E-state index contributed by atoms with van der Waals surface area (Å²) >= 11 is 0. The van der Waals surface area contributed by atoms with Crippen LogP contribution in [0.4, 0.5) is 0 Å². The predicted molar refractivity (Wildman–Crippen MR) is 60.0 cm³/mol. The highest BCUT2D eigenvalue weighted by atomic mass is 28.4. The number of nitrogens with zero attached hydrogens (tertiary/aromatic N) is 1. The lowest BCUT2D eigenvalue weighted by Gasteiger charge is -2.29. The van der Waals surface area contributed by atoms with E-state index in [2.05, 4.69) is 0 Å². The first-order valence-corrected chi connectivity index (χ1v) is 7.09. The quantitative estimate of drug-likeness (QED) is 0.448. The van der Waals surface area contributed by atoms with Gasteiger partial charge >= 0.3 is 9.05 Å². The molecule has 0 aliphatic rings. The lowest BCUT2D eigenvalue weighted by atomic mass is 10.8. The molecule has 0 aromatic carbocycles. The molecule has 0 saturated carbocycles. The van der Waals surface area contributed by atoms with Crippen LogP contribution in [0, 0.1) is 0 Å². The van der Waals surface area contributed by atoms with Gasteiger partial charge in [0.15, 0.2) is 0 Å². The summed E-state index contributed by atoms with van der Waals surface area (Å²) in [4.78, 5) is 0. The number of hydrogen-bond acceptors (Lipinski definition) is 5. The van der Waals surface area contributed by atoms with Gasteiger partial charge in [0, 0.05) is 33.4 Å². The first kappa shape index (κ1) is 15.0. The van der Waals surface area contributed by atoms with Crippen LogP contribution in [0.1, 0.15) is 27.7 Å². The molecular weight excluding hydrogens is 214 g/mol. The summed E-state index contributed by atoms with van der Waals surface area (Å²) in [6, 6.07) is 0. The third kappa shape index (κ3) is 5.60. The van der Waals surface area contributed by atoms with E-state index in [0.29, 0.717) is 19.8 Å². The zero-order valence-corrected chi connectivity index (χ0v) is 11.4. The van der Waals surface area contributed by atoms with Crippen LogP contribution >= 0.6 is 0 Å². The third-order valence-corrected chi connectivity index (χ3v) is 4.14. The number of hydroxylamine groups is 2. The topological polar surface area (TPSA) is 40.2 Å². The van der Waals surface area contributed by atoms with Crippen molar-refractivity contribution >= 4 is 9.05 Å². The van der Waals surface area contributed by atoms with Crippen molar-refractivity contribution in [3.8, 4) is 0 Å². The van der Waals surface area contributed by atoms with Gasteiger partial charge in [-0.25, -0.2) is 0 Å². The van der Waals surface area contributed by atoms with Crippen molar-refractivity contribution in [1.29, 1.82) is 0 Å². The summed E-state index contributed by atoms with van der Waals surface area (Å²) in [5, 5.41) is 1.67. The smallest absolute Gasteiger partial charge is 0.351 e. The molecule has 0 bridgehead atoms. The maximum Gasteiger partial charge on any atom is 0.697 e. The van der Waals surface area contributed by atoms with Gasteiger partial charge in [-0.15, -0.1) is 0 Å². The van der Waals surface area contributed by atoms with Crippen LogP contribution in [-0.2, 0) is 17.8 Å². The van der Waals surface area contributed by atoms with Crippen molar-refractivity contribution in [3.05, 3.63) is 0 Å². The van der Waals surface area contributed by atoms with E-state index in [-0.39, 0.29) is 0 Å². The molecule has 0 radical (unpaired) electrons. The minimum Gasteiger partial charge on any atom is -0.351 e. The van der Waals surface area contributed by atoms with Gasteiger partial charge in [-0.1, -0.05) is 6.92 Å². The zero-order valence-electron chi connectivity index (χ0n) is 10.4. The first-order chi connectivity index (χ1) is 7.14. The van der Waals surface area contributed by atoms with Gasteiger partial charge < -0.3 is 13.3 Å². The SMILES string of the molecule is CCO[Si](OCC)(OCC)ON(C)CC. The summed E-state index contributed by atoms with van der Waals surface area (Å²) in [6.07, 6.45) is 0. The second kappa shape index (κ2) is 8.20. The van der Waals surface area contributed by atoms with E-state index in [1.54, 1.807) is 5.06 Å². The Morgan fingerprint density at radius 2 is 1.27 bits per heavy atom. The van der Waals surface area contributed by atoms with Crippen LogP contribution in [-0.4, -0.2) is 47.5 Å². The molecule has 0 unspecified atom stereocenters. The summed E-state index contributed by atoms with van der Waals surface area (Å²) < 4.78 is 22.2. The van der Waals surface area contributed by atoms with Crippen LogP contribution in [0.3, 0.4) is 0 Å². The molecule has 15 heavy (non-hydrogen) atoms. The standard InChI is InChI=1S/C9H23NO4Si/c1-6-10(5)14-15(11-7-2,12-8-3)13-9-4/h6-9H2,1-5H3. The van der Waals surface area contributed by atoms with E-state index in [4.69, 9.17) is 17.8 Å². The second-order valence-electron chi connectivity index (χ2n) is 2.83. The Kier molecular flexibility index (Phi) is 8.21. The molecule has 0 atom stereocenters. The zero-order chi connectivity index (χ0) is 11.7. The van der Waals surface area contributed by atoms with Crippen LogP contribution in [0.2, 0.25) is 0 Å². The summed E-state index contributed by atoms with van der Waals surface area (Å²) in [6.45, 7) is 9.99. The van der Waals surface area contributed by atoms with Gasteiger partial charge in [0.1, 0.15) is 0 Å². The minimum absolute atomic E-state index is 0.518. The maximum absolute atomic E-state index is 5.61. The van der Waals surface area contributed by atoms with Gasteiger partial charge in [0.25, 0.3) is 0 Å². The molecule has 0 aromatic heterocycles. The Labute approximate surface area is 93.7 Å². The Hall–Kier alpha value is 0.0169. The molecule has 0 spiro atoms. The van der Waals surface area contributed by atoms with E-state index in [9.17, 15) is 0 Å². The lowest BCUT2D eigenvalue weighted by molar-refractivity contribution is -0.147. The third-order valence-electron chi connectivity index (χ3n) is 1.68. The average Bonchev–Trinajstić information content (AvgIpc) is 2.18. The lowest BCUT2D eigenvalue weighted by Crippen LogP contribution is -2.52. The van der Waals surface area contributed by atoms with Crippen molar-refractivity contribution < 1.29 is 17.8 Å². The highest BCUT2D eigenvalue weighted by molar-refractivity contribution is 6.53. The summed E-state index contributed by atoms with van der Waals surface area (Å²) in [5.41, 5.74) is 0. The summed E-state index contributed by atoms with van der Waals surface area (Å²) in [5.74, 6) is 0. The van der Waals surface area contributed by atoms with E-state index in [1.807, 2.05) is 34.7 Å². The Morgan fingerprint density at radius 3 is 1.53 bits per heavy atom. The van der Waals surface area contributed by atoms with Gasteiger partial charge in [0.05, 0.1) is 0 Å². The van der Waals surface area contributed by atoms with Crippen molar-refractivity contribution in [2.45, 2.75) is 27.7 Å². The Balaban J connectivity index is 4.44. The van der Waals surface area contributed by atoms with Crippen molar-refractivity contribution in [3.63, 3.8) is 0 Å². The van der Waals surface area contributed by atoms with E-state index >= 15 is 0 Å². The fourth-order valence-corrected chi connectivity index (χ4v) is 2.97. The predicted octanol–water partition coefficient (Wildman–Crippen LogP) is 1.41. The second-order valence-corrected chi connectivity index (χ2v) is 4.88. The van der Waals surface area contributed by atoms with Gasteiger partial charge in [-0.2, -0.15) is 5.06 Å². The largest absolute Gasteiger partial charge is 0.697 e. The number of hydrogen-bond donors (Lipinski definition) is 0. The Bertz CT molecular complexity index is 142. The molecule has 0 amide bonds. The van der Waals surface area contributed by atoms with Crippen LogP contribution < -0.4 is 0 Å². The highest BCUT2D eigenvalue weighted by Crippen LogP contribution is 2.13. The fourth-order valence-electron chi connectivity index (χ4n) is 0.990. The molecule has 0 heterocycles. The molecule has 6 heteroatoms.